The Labute approximate surface area is 103 Å². The van der Waals surface area contributed by atoms with Crippen molar-refractivity contribution in [1.82, 2.24) is 0 Å². The number of carbonyl (C=O) groups is 1. The van der Waals surface area contributed by atoms with E-state index in [0.717, 1.165) is 24.3 Å². The quantitative estimate of drug-likeness (QED) is 0.469. The summed E-state index contributed by atoms with van der Waals surface area (Å²) < 4.78 is 41.7. The predicted octanol–water partition coefficient (Wildman–Crippen LogP) is 3.28. The fourth-order valence-corrected chi connectivity index (χ4v) is 1.22. The average molecular weight is 256 g/mol. The van der Waals surface area contributed by atoms with Crippen molar-refractivity contribution in [3.63, 3.8) is 0 Å². The summed E-state index contributed by atoms with van der Waals surface area (Å²) in [6, 6.07) is 3.87. The molecule has 0 radical (unpaired) electrons. The highest BCUT2D eigenvalue weighted by atomic mass is 19.4. The summed E-state index contributed by atoms with van der Waals surface area (Å²) in [4.78, 5) is 11.4. The number of rotatable bonds is 4. The molecule has 0 N–H and O–H groups in total. The van der Waals surface area contributed by atoms with Gasteiger partial charge in [-0.3, -0.25) is 0 Å². The molecule has 0 atom stereocenters. The largest absolute Gasteiger partial charge is 0.462 e. The van der Waals surface area contributed by atoms with E-state index in [9.17, 15) is 18.0 Å². The number of terminal acetylenes is 1. The molecule has 0 aliphatic heterocycles. The molecule has 2 nitrogen and oxygen atoms in total. The zero-order valence-electron chi connectivity index (χ0n) is 9.46. The first-order valence-corrected chi connectivity index (χ1v) is 5.23. The number of ether oxygens (including phenoxy) is 1. The van der Waals surface area contributed by atoms with Crippen LogP contribution in [0.2, 0.25) is 0 Å². The molecule has 5 heteroatoms. The molecule has 0 saturated heterocycles. The van der Waals surface area contributed by atoms with E-state index in [0.29, 0.717) is 12.8 Å². The van der Waals surface area contributed by atoms with Crippen molar-refractivity contribution in [2.75, 3.05) is 6.61 Å². The number of hydrogen-bond acceptors (Lipinski definition) is 2. The van der Waals surface area contributed by atoms with Gasteiger partial charge in [-0.1, -0.05) is 0 Å². The van der Waals surface area contributed by atoms with Gasteiger partial charge in [0.05, 0.1) is 17.7 Å². The lowest BCUT2D eigenvalue weighted by Gasteiger charge is -2.07. The van der Waals surface area contributed by atoms with Gasteiger partial charge in [0, 0.05) is 6.42 Å². The molecule has 0 unspecified atom stereocenters. The highest BCUT2D eigenvalue weighted by Crippen LogP contribution is 2.29. The summed E-state index contributed by atoms with van der Waals surface area (Å²) >= 11 is 0. The minimum absolute atomic E-state index is 0.0868. The first-order valence-electron chi connectivity index (χ1n) is 5.23. The number of hydrogen-bond donors (Lipinski definition) is 0. The maximum absolute atomic E-state index is 12.3. The number of unbranched alkanes of at least 4 members (excludes halogenated alkanes) is 1. The van der Waals surface area contributed by atoms with Gasteiger partial charge in [0.2, 0.25) is 0 Å². The lowest BCUT2D eigenvalue weighted by molar-refractivity contribution is -0.137. The fraction of sp³-hybridized carbons (Fsp3) is 0.308. The Morgan fingerprint density at radius 1 is 1.28 bits per heavy atom. The van der Waals surface area contributed by atoms with Crippen LogP contribution in [0, 0.1) is 12.3 Å². The van der Waals surface area contributed by atoms with Crippen molar-refractivity contribution in [3.8, 4) is 12.3 Å². The Morgan fingerprint density at radius 2 is 1.89 bits per heavy atom. The Kier molecular flexibility index (Phi) is 4.78. The maximum Gasteiger partial charge on any atom is 0.416 e. The highest BCUT2D eigenvalue weighted by molar-refractivity contribution is 5.89. The zero-order valence-corrected chi connectivity index (χ0v) is 9.46. The van der Waals surface area contributed by atoms with Gasteiger partial charge in [0.15, 0.2) is 0 Å². The number of alkyl halides is 3. The lowest BCUT2D eigenvalue weighted by atomic mass is 10.1. The van der Waals surface area contributed by atoms with Crippen LogP contribution >= 0.6 is 0 Å². The lowest BCUT2D eigenvalue weighted by Crippen LogP contribution is -2.08. The topological polar surface area (TPSA) is 26.3 Å². The summed E-state index contributed by atoms with van der Waals surface area (Å²) in [7, 11) is 0. The zero-order chi connectivity index (χ0) is 13.6. The smallest absolute Gasteiger partial charge is 0.416 e. The standard InChI is InChI=1S/C13H11F3O2/c1-2-3-4-9-18-12(17)10-5-7-11(8-6-10)13(14,15)16/h1,5-8H,3-4,9H2. The maximum atomic E-state index is 12.3. The highest BCUT2D eigenvalue weighted by Gasteiger charge is 2.30. The molecule has 0 amide bonds. The van der Waals surface area contributed by atoms with Gasteiger partial charge in [-0.2, -0.15) is 13.2 Å². The van der Waals surface area contributed by atoms with E-state index in [1.165, 1.54) is 0 Å². The minimum Gasteiger partial charge on any atom is -0.462 e. The Hall–Kier alpha value is -1.96. The summed E-state index contributed by atoms with van der Waals surface area (Å²) in [6.45, 7) is 0.157. The number of esters is 1. The van der Waals surface area contributed by atoms with Gasteiger partial charge >= 0.3 is 12.1 Å². The van der Waals surface area contributed by atoms with E-state index < -0.39 is 17.7 Å². The van der Waals surface area contributed by atoms with E-state index in [4.69, 9.17) is 11.2 Å². The van der Waals surface area contributed by atoms with Crippen LogP contribution in [0.15, 0.2) is 24.3 Å². The van der Waals surface area contributed by atoms with Gasteiger partial charge in [0.25, 0.3) is 0 Å². The second kappa shape index (κ2) is 6.10. The van der Waals surface area contributed by atoms with Crippen LogP contribution in [0.25, 0.3) is 0 Å². The van der Waals surface area contributed by atoms with Crippen LogP contribution in [0.4, 0.5) is 13.2 Å². The van der Waals surface area contributed by atoms with E-state index in [-0.39, 0.29) is 12.2 Å². The second-order valence-electron chi connectivity index (χ2n) is 3.52. The van der Waals surface area contributed by atoms with Crippen LogP contribution in [-0.2, 0) is 10.9 Å². The predicted molar refractivity (Wildman–Crippen MR) is 59.8 cm³/mol. The van der Waals surface area contributed by atoms with Crippen LogP contribution in [-0.4, -0.2) is 12.6 Å². The second-order valence-corrected chi connectivity index (χ2v) is 3.52. The first kappa shape index (κ1) is 14.1. The molecule has 1 aromatic rings. The van der Waals surface area contributed by atoms with Gasteiger partial charge in [-0.15, -0.1) is 12.3 Å². The third-order valence-corrected chi connectivity index (χ3v) is 2.15. The molecule has 96 valence electrons. The fourth-order valence-electron chi connectivity index (χ4n) is 1.22. The molecular formula is C13H11F3O2. The van der Waals surface area contributed by atoms with Crippen molar-refractivity contribution in [2.45, 2.75) is 19.0 Å². The minimum atomic E-state index is -4.41. The normalized spacial score (nSPS) is 10.8. The molecule has 0 fully saturated rings. The Balaban J connectivity index is 2.57. The van der Waals surface area contributed by atoms with Gasteiger partial charge < -0.3 is 4.74 Å². The molecule has 0 bridgehead atoms. The molecule has 0 heterocycles. The van der Waals surface area contributed by atoms with Crippen molar-refractivity contribution in [3.05, 3.63) is 35.4 Å². The molecular weight excluding hydrogens is 245 g/mol. The molecule has 0 spiro atoms. The number of halogens is 3. The molecule has 1 aromatic carbocycles. The van der Waals surface area contributed by atoms with Crippen LogP contribution in [0.3, 0.4) is 0 Å². The summed E-state index contributed by atoms with van der Waals surface area (Å²) in [5.74, 6) is 1.74. The average Bonchev–Trinajstić information content (AvgIpc) is 2.33. The van der Waals surface area contributed by atoms with Crippen molar-refractivity contribution >= 4 is 5.97 Å². The van der Waals surface area contributed by atoms with Crippen LogP contribution < -0.4 is 0 Å². The molecule has 0 aliphatic rings. The van der Waals surface area contributed by atoms with Crippen molar-refractivity contribution in [2.24, 2.45) is 0 Å². The van der Waals surface area contributed by atoms with Crippen LogP contribution in [0.1, 0.15) is 28.8 Å². The van der Waals surface area contributed by atoms with Crippen LogP contribution in [0.5, 0.6) is 0 Å². The molecule has 18 heavy (non-hydrogen) atoms. The van der Waals surface area contributed by atoms with Gasteiger partial charge in [-0.25, -0.2) is 4.79 Å². The third kappa shape index (κ3) is 4.13. The van der Waals surface area contributed by atoms with E-state index >= 15 is 0 Å². The summed E-state index contributed by atoms with van der Waals surface area (Å²) in [5, 5.41) is 0. The molecule has 0 saturated carbocycles. The SMILES string of the molecule is C#CCCCOC(=O)c1ccc(C(F)(F)F)cc1. The van der Waals surface area contributed by atoms with Gasteiger partial charge in [0.1, 0.15) is 0 Å². The Bertz CT molecular complexity index is 441. The molecule has 1 rings (SSSR count). The van der Waals surface area contributed by atoms with Crippen molar-refractivity contribution < 1.29 is 22.7 Å². The summed E-state index contributed by atoms with van der Waals surface area (Å²) in [6.07, 6.45) is 1.63. The molecule has 0 aromatic heterocycles. The van der Waals surface area contributed by atoms with E-state index in [1.54, 1.807) is 0 Å². The van der Waals surface area contributed by atoms with E-state index in [2.05, 4.69) is 5.92 Å². The Morgan fingerprint density at radius 3 is 2.39 bits per heavy atom. The molecule has 0 aliphatic carbocycles. The number of benzene rings is 1. The van der Waals surface area contributed by atoms with Gasteiger partial charge in [-0.05, 0) is 30.7 Å². The van der Waals surface area contributed by atoms with Crippen molar-refractivity contribution in [1.29, 1.82) is 0 Å². The van der Waals surface area contributed by atoms with E-state index in [1.807, 2.05) is 0 Å². The summed E-state index contributed by atoms with van der Waals surface area (Å²) in [5.41, 5.74) is -0.713. The third-order valence-electron chi connectivity index (χ3n) is 2.15. The monoisotopic (exact) mass is 256 g/mol. The number of carbonyl (C=O) groups excluding carboxylic acids is 1. The first-order chi connectivity index (χ1) is 8.45.